The van der Waals surface area contributed by atoms with Crippen LogP contribution in [0.15, 0.2) is 30.6 Å². The molecule has 0 saturated heterocycles. The van der Waals surface area contributed by atoms with Crippen LogP contribution in [0.3, 0.4) is 0 Å². The smallest absolute Gasteiger partial charge is 0.187 e. The van der Waals surface area contributed by atoms with Gasteiger partial charge in [-0.1, -0.05) is 34.8 Å². The summed E-state index contributed by atoms with van der Waals surface area (Å²) in [4.78, 5) is 8.50. The Kier molecular flexibility index (Phi) is 5.67. The monoisotopic (exact) mass is 437 g/mol. The molecule has 146 valence electrons. The number of anilines is 2. The molecule has 1 N–H and O–H groups in total. The zero-order chi connectivity index (χ0) is 19.7. The lowest BCUT2D eigenvalue weighted by Gasteiger charge is -2.19. The zero-order valence-electron chi connectivity index (χ0n) is 15.1. The Labute approximate surface area is 177 Å². The minimum atomic E-state index is 0.179. The number of hydrogen-bond acceptors (Lipinski definition) is 5. The van der Waals surface area contributed by atoms with Crippen molar-refractivity contribution in [2.24, 2.45) is 0 Å². The van der Waals surface area contributed by atoms with Gasteiger partial charge in [-0.3, -0.25) is 4.98 Å². The highest BCUT2D eigenvalue weighted by Crippen LogP contribution is 2.42. The van der Waals surface area contributed by atoms with Crippen molar-refractivity contribution < 1.29 is 9.47 Å². The van der Waals surface area contributed by atoms with E-state index in [9.17, 15) is 0 Å². The van der Waals surface area contributed by atoms with Crippen molar-refractivity contribution in [3.8, 4) is 11.5 Å². The van der Waals surface area contributed by atoms with Crippen LogP contribution in [0.4, 0.5) is 11.4 Å². The van der Waals surface area contributed by atoms with E-state index in [-0.39, 0.29) is 16.3 Å². The molecule has 0 bridgehead atoms. The van der Waals surface area contributed by atoms with E-state index in [1.165, 1.54) is 19.0 Å². The Bertz CT molecular complexity index is 1020. The summed E-state index contributed by atoms with van der Waals surface area (Å²) in [5.74, 6) is 1.31. The van der Waals surface area contributed by atoms with Crippen LogP contribution in [0.1, 0.15) is 25.7 Å². The molecule has 1 fully saturated rings. The van der Waals surface area contributed by atoms with E-state index < -0.39 is 0 Å². The van der Waals surface area contributed by atoms with Gasteiger partial charge in [0.1, 0.15) is 15.7 Å². The summed E-state index contributed by atoms with van der Waals surface area (Å²) in [5.41, 5.74) is 1.98. The average Bonchev–Trinajstić information content (AvgIpc) is 3.22. The fourth-order valence-corrected chi connectivity index (χ4v) is 4.00. The Morgan fingerprint density at radius 3 is 2.61 bits per heavy atom. The van der Waals surface area contributed by atoms with Crippen LogP contribution in [0.25, 0.3) is 10.9 Å². The van der Waals surface area contributed by atoms with E-state index in [0.717, 1.165) is 23.9 Å². The van der Waals surface area contributed by atoms with Crippen LogP contribution >= 0.6 is 34.8 Å². The van der Waals surface area contributed by atoms with Crippen LogP contribution in [-0.2, 0) is 0 Å². The first-order chi connectivity index (χ1) is 13.6. The number of methoxy groups -OCH3 is 1. The predicted molar refractivity (Wildman–Crippen MR) is 114 cm³/mol. The topological polar surface area (TPSA) is 56.3 Å². The second-order valence-electron chi connectivity index (χ2n) is 6.59. The second-order valence-corrected chi connectivity index (χ2v) is 7.73. The number of hydrogen-bond donors (Lipinski definition) is 1. The minimum Gasteiger partial charge on any atom is -0.493 e. The molecule has 0 amide bonds. The molecule has 4 rings (SSSR count). The van der Waals surface area contributed by atoms with Crippen molar-refractivity contribution in [3.63, 3.8) is 0 Å². The first-order valence-electron chi connectivity index (χ1n) is 8.97. The molecular weight excluding hydrogens is 421 g/mol. The first kappa shape index (κ1) is 19.4. The summed E-state index contributed by atoms with van der Waals surface area (Å²) in [6.07, 6.45) is 7.78. The first-order valence-corrected chi connectivity index (χ1v) is 10.1. The molecule has 5 nitrogen and oxygen atoms in total. The fraction of sp³-hybridized carbons (Fsp3) is 0.300. The SMILES string of the molecule is COc1ccc2c(Nc3c(Cl)cnc(Cl)c3Cl)ccnc2c1OC1CCCC1. The Balaban J connectivity index is 1.80. The summed E-state index contributed by atoms with van der Waals surface area (Å²) in [7, 11) is 1.63. The molecule has 1 aliphatic carbocycles. The van der Waals surface area contributed by atoms with Crippen LogP contribution < -0.4 is 14.8 Å². The third-order valence-corrected chi connectivity index (χ3v) is 5.87. The fourth-order valence-electron chi connectivity index (χ4n) is 3.42. The van der Waals surface area contributed by atoms with E-state index in [2.05, 4.69) is 15.3 Å². The number of rotatable bonds is 5. The standard InChI is InChI=1S/C20H18Cl3N3O2/c1-27-15-7-6-12-14(26-18-13(21)10-25-20(23)16(18)22)8-9-24-17(12)19(15)28-11-4-2-3-5-11/h6-11H,2-5H2,1H3,(H,24,25,26). The number of benzene rings is 1. The van der Waals surface area contributed by atoms with Gasteiger partial charge in [0.2, 0.25) is 0 Å². The number of halogens is 3. The normalized spacial score (nSPS) is 14.4. The predicted octanol–water partition coefficient (Wildman–Crippen LogP) is 6.66. The third-order valence-electron chi connectivity index (χ3n) is 4.83. The van der Waals surface area contributed by atoms with Gasteiger partial charge in [0.05, 0.1) is 23.9 Å². The van der Waals surface area contributed by atoms with E-state index in [1.807, 2.05) is 18.2 Å². The Morgan fingerprint density at radius 1 is 1.07 bits per heavy atom. The van der Waals surface area contributed by atoms with Crippen molar-refractivity contribution >= 4 is 57.1 Å². The van der Waals surface area contributed by atoms with Crippen LogP contribution in [0, 0.1) is 0 Å². The molecule has 0 aliphatic heterocycles. The minimum absolute atomic E-state index is 0.179. The van der Waals surface area contributed by atoms with Crippen molar-refractivity contribution in [2.75, 3.05) is 12.4 Å². The van der Waals surface area contributed by atoms with E-state index in [1.54, 1.807) is 13.3 Å². The van der Waals surface area contributed by atoms with Gasteiger partial charge in [-0.05, 0) is 43.9 Å². The lowest BCUT2D eigenvalue weighted by Crippen LogP contribution is -2.12. The molecule has 8 heteroatoms. The molecule has 0 spiro atoms. The molecule has 0 unspecified atom stereocenters. The molecule has 2 aromatic heterocycles. The van der Waals surface area contributed by atoms with Crippen molar-refractivity contribution in [3.05, 3.63) is 45.8 Å². The summed E-state index contributed by atoms with van der Waals surface area (Å²) in [6.45, 7) is 0. The number of aromatic nitrogens is 2. The van der Waals surface area contributed by atoms with Gasteiger partial charge in [-0.2, -0.15) is 0 Å². The van der Waals surface area contributed by atoms with Gasteiger partial charge in [0, 0.05) is 23.5 Å². The highest BCUT2D eigenvalue weighted by molar-refractivity contribution is 6.45. The molecule has 28 heavy (non-hydrogen) atoms. The van der Waals surface area contributed by atoms with Gasteiger partial charge in [-0.15, -0.1) is 0 Å². The second kappa shape index (κ2) is 8.19. The lowest BCUT2D eigenvalue weighted by atomic mass is 10.1. The quantitative estimate of drug-likeness (QED) is 0.451. The highest BCUT2D eigenvalue weighted by atomic mass is 35.5. The number of nitrogens with one attached hydrogen (secondary N) is 1. The van der Waals surface area contributed by atoms with Gasteiger partial charge in [-0.25, -0.2) is 4.98 Å². The maximum absolute atomic E-state index is 6.29. The molecule has 1 aromatic carbocycles. The maximum Gasteiger partial charge on any atom is 0.187 e. The van der Waals surface area contributed by atoms with Crippen molar-refractivity contribution in [1.29, 1.82) is 0 Å². The summed E-state index contributed by atoms with van der Waals surface area (Å²) < 4.78 is 11.8. The molecule has 0 atom stereocenters. The Hall–Kier alpha value is -1.95. The average molecular weight is 439 g/mol. The number of fused-ring (bicyclic) bond motifs is 1. The summed E-state index contributed by atoms with van der Waals surface area (Å²) in [6, 6.07) is 5.65. The van der Waals surface area contributed by atoms with Crippen LogP contribution in [0.5, 0.6) is 11.5 Å². The zero-order valence-corrected chi connectivity index (χ0v) is 17.4. The van der Waals surface area contributed by atoms with Crippen LogP contribution in [-0.4, -0.2) is 23.2 Å². The van der Waals surface area contributed by atoms with Gasteiger partial charge < -0.3 is 14.8 Å². The van der Waals surface area contributed by atoms with E-state index in [4.69, 9.17) is 44.3 Å². The van der Waals surface area contributed by atoms with Crippen molar-refractivity contribution in [2.45, 2.75) is 31.8 Å². The molecule has 0 radical (unpaired) electrons. The van der Waals surface area contributed by atoms with Crippen LogP contribution in [0.2, 0.25) is 15.2 Å². The highest BCUT2D eigenvalue weighted by Gasteiger charge is 2.22. The van der Waals surface area contributed by atoms with E-state index in [0.29, 0.717) is 27.7 Å². The summed E-state index contributed by atoms with van der Waals surface area (Å²) >= 11 is 18.6. The number of nitrogens with zero attached hydrogens (tertiary/aromatic N) is 2. The Morgan fingerprint density at radius 2 is 1.86 bits per heavy atom. The molecule has 1 saturated carbocycles. The largest absolute Gasteiger partial charge is 0.493 e. The molecule has 2 heterocycles. The van der Waals surface area contributed by atoms with Crippen molar-refractivity contribution in [1.82, 2.24) is 9.97 Å². The summed E-state index contributed by atoms with van der Waals surface area (Å²) in [5, 5.41) is 4.93. The molecule has 1 aliphatic rings. The number of pyridine rings is 2. The van der Waals surface area contributed by atoms with Gasteiger partial charge in [0.25, 0.3) is 0 Å². The van der Waals surface area contributed by atoms with E-state index >= 15 is 0 Å². The molecule has 3 aromatic rings. The maximum atomic E-state index is 6.29. The van der Waals surface area contributed by atoms with Gasteiger partial charge in [0.15, 0.2) is 11.5 Å². The molecular formula is C20H18Cl3N3O2. The van der Waals surface area contributed by atoms with Gasteiger partial charge >= 0.3 is 0 Å². The third kappa shape index (κ3) is 3.66. The number of ether oxygens (including phenoxy) is 2. The lowest BCUT2D eigenvalue weighted by molar-refractivity contribution is 0.203.